The third-order valence-electron chi connectivity index (χ3n) is 7.51. The van der Waals surface area contributed by atoms with Crippen molar-refractivity contribution in [2.45, 2.75) is 64.6 Å². The number of hydrogen-bond donors (Lipinski definition) is 0. The molecule has 1 aliphatic carbocycles. The van der Waals surface area contributed by atoms with Gasteiger partial charge in [-0.15, -0.1) is 0 Å². The Morgan fingerprint density at radius 3 is 2.29 bits per heavy atom. The molecule has 4 rings (SSSR count). The summed E-state index contributed by atoms with van der Waals surface area (Å²) in [5.74, 6) is 0. The highest BCUT2D eigenvalue weighted by atomic mass is 16.6. The maximum Gasteiger partial charge on any atom is 0.269 e. The van der Waals surface area contributed by atoms with Crippen molar-refractivity contribution in [3.63, 3.8) is 0 Å². The molecule has 1 heterocycles. The molecule has 0 bridgehead atoms. The van der Waals surface area contributed by atoms with Crippen molar-refractivity contribution < 1.29 is 4.92 Å². The van der Waals surface area contributed by atoms with Crippen LogP contribution in [0.4, 0.5) is 5.69 Å². The van der Waals surface area contributed by atoms with Crippen molar-refractivity contribution >= 4 is 5.69 Å². The van der Waals surface area contributed by atoms with Crippen LogP contribution in [0.2, 0.25) is 0 Å². The highest BCUT2D eigenvalue weighted by molar-refractivity contribution is 5.34. The fraction of sp³-hybridized carbons (Fsp3) is 0.571. The number of aryl methyl sites for hydroxylation is 1. The highest BCUT2D eigenvalue weighted by Gasteiger charge is 2.23. The van der Waals surface area contributed by atoms with Crippen LogP contribution in [0, 0.1) is 17.0 Å². The standard InChI is InChI=1S/C28H40N4O2/c1-24-8-6-9-25(20-24)22-30-16-14-29(15-17-30)18-19-31(27-11-4-2-3-5-12-27)23-26-10-7-13-28(21-26)32(33)34/h6-10,13,20-21,27H,2-5,11-12,14-19,22-23H2,1H3. The number of non-ortho nitro benzene ring substituents is 1. The number of nitro benzene ring substituents is 1. The molecule has 2 aliphatic rings. The molecule has 1 aliphatic heterocycles. The van der Waals surface area contributed by atoms with E-state index in [0.29, 0.717) is 6.04 Å². The Labute approximate surface area is 204 Å². The largest absolute Gasteiger partial charge is 0.300 e. The van der Waals surface area contributed by atoms with Gasteiger partial charge in [0.1, 0.15) is 0 Å². The van der Waals surface area contributed by atoms with Crippen LogP contribution in [0.1, 0.15) is 55.2 Å². The molecule has 1 saturated heterocycles. The first kappa shape index (κ1) is 24.8. The van der Waals surface area contributed by atoms with Gasteiger partial charge in [0.25, 0.3) is 5.69 Å². The molecule has 2 aromatic carbocycles. The molecule has 2 fully saturated rings. The lowest BCUT2D eigenvalue weighted by atomic mass is 10.1. The summed E-state index contributed by atoms with van der Waals surface area (Å²) in [4.78, 5) is 18.8. The Kier molecular flexibility index (Phi) is 9.08. The fourth-order valence-corrected chi connectivity index (χ4v) is 5.53. The lowest BCUT2D eigenvalue weighted by molar-refractivity contribution is -0.384. The number of nitro groups is 1. The highest BCUT2D eigenvalue weighted by Crippen LogP contribution is 2.24. The molecule has 6 nitrogen and oxygen atoms in total. The maximum absolute atomic E-state index is 11.3. The normalized spacial score (nSPS) is 18.8. The molecule has 184 valence electrons. The first-order valence-corrected chi connectivity index (χ1v) is 13.0. The minimum atomic E-state index is -0.282. The summed E-state index contributed by atoms with van der Waals surface area (Å²) in [5.41, 5.74) is 3.99. The van der Waals surface area contributed by atoms with Gasteiger partial charge in [-0.2, -0.15) is 0 Å². The Morgan fingerprint density at radius 2 is 1.59 bits per heavy atom. The zero-order valence-electron chi connectivity index (χ0n) is 20.7. The van der Waals surface area contributed by atoms with Crippen molar-refractivity contribution in [2.24, 2.45) is 0 Å². The van der Waals surface area contributed by atoms with Crippen LogP contribution in [-0.4, -0.2) is 64.9 Å². The third-order valence-corrected chi connectivity index (χ3v) is 7.51. The smallest absolute Gasteiger partial charge is 0.269 e. The van der Waals surface area contributed by atoms with E-state index >= 15 is 0 Å². The van der Waals surface area contributed by atoms with E-state index in [4.69, 9.17) is 0 Å². The summed E-state index contributed by atoms with van der Waals surface area (Å²) in [5, 5.41) is 11.3. The Balaban J connectivity index is 1.32. The molecule has 0 unspecified atom stereocenters. The predicted molar refractivity (Wildman–Crippen MR) is 138 cm³/mol. The minimum Gasteiger partial charge on any atom is -0.300 e. The van der Waals surface area contributed by atoms with Gasteiger partial charge in [-0.25, -0.2) is 0 Å². The van der Waals surface area contributed by atoms with Crippen LogP contribution in [0.25, 0.3) is 0 Å². The molecule has 0 atom stereocenters. The van der Waals surface area contributed by atoms with E-state index in [9.17, 15) is 10.1 Å². The van der Waals surface area contributed by atoms with E-state index in [2.05, 4.69) is 45.9 Å². The third kappa shape index (κ3) is 7.36. The molecule has 1 saturated carbocycles. The second-order valence-corrected chi connectivity index (χ2v) is 10.1. The summed E-state index contributed by atoms with van der Waals surface area (Å²) in [7, 11) is 0. The Hall–Kier alpha value is -2.28. The molecule has 0 amide bonds. The topological polar surface area (TPSA) is 52.9 Å². The van der Waals surface area contributed by atoms with Crippen LogP contribution >= 0.6 is 0 Å². The molecule has 0 N–H and O–H groups in total. The second-order valence-electron chi connectivity index (χ2n) is 10.1. The van der Waals surface area contributed by atoms with Crippen LogP contribution in [0.15, 0.2) is 48.5 Å². The van der Waals surface area contributed by atoms with Crippen LogP contribution in [0.3, 0.4) is 0 Å². The Bertz CT molecular complexity index is 918. The van der Waals surface area contributed by atoms with Crippen molar-refractivity contribution in [1.82, 2.24) is 14.7 Å². The van der Waals surface area contributed by atoms with E-state index in [1.165, 1.54) is 49.7 Å². The van der Waals surface area contributed by atoms with Gasteiger partial charge in [-0.05, 0) is 30.9 Å². The van der Waals surface area contributed by atoms with Crippen molar-refractivity contribution in [2.75, 3.05) is 39.3 Å². The fourth-order valence-electron chi connectivity index (χ4n) is 5.53. The van der Waals surface area contributed by atoms with E-state index in [-0.39, 0.29) is 10.6 Å². The van der Waals surface area contributed by atoms with E-state index in [1.54, 1.807) is 12.1 Å². The van der Waals surface area contributed by atoms with Gasteiger partial charge in [0.15, 0.2) is 0 Å². The van der Waals surface area contributed by atoms with Crippen LogP contribution in [-0.2, 0) is 13.1 Å². The molecular weight excluding hydrogens is 424 g/mol. The van der Waals surface area contributed by atoms with Gasteiger partial charge in [0.2, 0.25) is 0 Å². The second kappa shape index (κ2) is 12.4. The lowest BCUT2D eigenvalue weighted by Crippen LogP contribution is -2.49. The lowest BCUT2D eigenvalue weighted by Gasteiger charge is -2.37. The number of piperazine rings is 1. The Morgan fingerprint density at radius 1 is 0.912 bits per heavy atom. The SMILES string of the molecule is Cc1cccc(CN2CCN(CCN(Cc3cccc([N+](=O)[O-])c3)C3CCCCCC3)CC2)c1. The first-order chi connectivity index (χ1) is 16.6. The minimum absolute atomic E-state index is 0.197. The molecule has 34 heavy (non-hydrogen) atoms. The number of rotatable bonds is 9. The summed E-state index contributed by atoms with van der Waals surface area (Å²) < 4.78 is 0. The molecule has 6 heteroatoms. The van der Waals surface area contributed by atoms with Crippen LogP contribution < -0.4 is 0 Å². The number of nitrogens with zero attached hydrogens (tertiary/aromatic N) is 4. The average Bonchev–Trinajstić information content (AvgIpc) is 3.12. The summed E-state index contributed by atoms with van der Waals surface area (Å²) >= 11 is 0. The summed E-state index contributed by atoms with van der Waals surface area (Å²) in [6.45, 7) is 10.6. The monoisotopic (exact) mass is 464 g/mol. The van der Waals surface area contributed by atoms with Gasteiger partial charge in [-0.3, -0.25) is 24.8 Å². The summed E-state index contributed by atoms with van der Waals surface area (Å²) in [6, 6.07) is 16.7. The number of benzene rings is 2. The molecule has 0 aromatic heterocycles. The average molecular weight is 465 g/mol. The zero-order valence-corrected chi connectivity index (χ0v) is 20.7. The van der Waals surface area contributed by atoms with Gasteiger partial charge < -0.3 is 0 Å². The van der Waals surface area contributed by atoms with Gasteiger partial charge in [-0.1, -0.05) is 67.6 Å². The zero-order chi connectivity index (χ0) is 23.8. The van der Waals surface area contributed by atoms with Crippen molar-refractivity contribution in [1.29, 1.82) is 0 Å². The number of hydrogen-bond acceptors (Lipinski definition) is 5. The van der Waals surface area contributed by atoms with Crippen LogP contribution in [0.5, 0.6) is 0 Å². The molecule has 0 radical (unpaired) electrons. The molecule has 2 aromatic rings. The van der Waals surface area contributed by atoms with E-state index < -0.39 is 0 Å². The molecule has 0 spiro atoms. The van der Waals surface area contributed by atoms with E-state index in [1.807, 2.05) is 12.1 Å². The van der Waals surface area contributed by atoms with Crippen molar-refractivity contribution in [3.8, 4) is 0 Å². The first-order valence-electron chi connectivity index (χ1n) is 13.0. The quantitative estimate of drug-likeness (QED) is 0.288. The summed E-state index contributed by atoms with van der Waals surface area (Å²) in [6.07, 6.45) is 7.77. The van der Waals surface area contributed by atoms with Gasteiger partial charge >= 0.3 is 0 Å². The predicted octanol–water partition coefficient (Wildman–Crippen LogP) is 5.25. The van der Waals surface area contributed by atoms with Gasteiger partial charge in [0.05, 0.1) is 4.92 Å². The maximum atomic E-state index is 11.3. The van der Waals surface area contributed by atoms with Gasteiger partial charge in [0, 0.05) is 70.5 Å². The van der Waals surface area contributed by atoms with E-state index in [0.717, 1.165) is 57.9 Å². The molecular formula is C28H40N4O2. The van der Waals surface area contributed by atoms with Crippen molar-refractivity contribution in [3.05, 3.63) is 75.3 Å².